The monoisotopic (exact) mass is 358 g/mol. The van der Waals surface area contributed by atoms with Gasteiger partial charge in [-0.25, -0.2) is 0 Å². The fourth-order valence-electron chi connectivity index (χ4n) is 2.35. The van der Waals surface area contributed by atoms with Crippen molar-refractivity contribution in [2.75, 3.05) is 26.2 Å². The molecule has 0 unspecified atom stereocenters. The van der Waals surface area contributed by atoms with Crippen LogP contribution in [0.15, 0.2) is 36.9 Å². The van der Waals surface area contributed by atoms with Gasteiger partial charge in [-0.05, 0) is 17.7 Å². The summed E-state index contributed by atoms with van der Waals surface area (Å²) in [5.74, 6) is -0.197. The van der Waals surface area contributed by atoms with Crippen LogP contribution in [0, 0.1) is 0 Å². The third kappa shape index (κ3) is 6.04. The van der Waals surface area contributed by atoms with Gasteiger partial charge in [0.15, 0.2) is 0 Å². The number of hydrogen-bond acceptors (Lipinski definition) is 3. The van der Waals surface area contributed by atoms with E-state index >= 15 is 0 Å². The van der Waals surface area contributed by atoms with Crippen LogP contribution in [0.4, 0.5) is 13.2 Å². The molecular formula is C14H19Cl2F3N2O. The molecule has 1 aliphatic rings. The fraction of sp³-hybridized carbons (Fsp3) is 0.429. The number of rotatable bonds is 4. The first-order chi connectivity index (χ1) is 9.49. The van der Waals surface area contributed by atoms with Crippen molar-refractivity contribution < 1.29 is 17.9 Å². The molecule has 0 saturated carbocycles. The van der Waals surface area contributed by atoms with Crippen LogP contribution in [0.25, 0.3) is 0 Å². The van der Waals surface area contributed by atoms with Crippen LogP contribution in [0.2, 0.25) is 0 Å². The van der Waals surface area contributed by atoms with Gasteiger partial charge in [-0.15, -0.1) is 44.6 Å². The topological polar surface area (TPSA) is 24.5 Å². The van der Waals surface area contributed by atoms with E-state index in [0.29, 0.717) is 0 Å². The van der Waals surface area contributed by atoms with Crippen molar-refractivity contribution >= 4 is 24.8 Å². The average Bonchev–Trinajstić information content (AvgIpc) is 2.39. The molecule has 22 heavy (non-hydrogen) atoms. The summed E-state index contributed by atoms with van der Waals surface area (Å²) in [6.45, 7) is 7.19. The standard InChI is InChI=1S/C14H17F3N2O.2ClH/c1-2-13(19-8-6-18-7-9-19)11-4-3-5-12(10-11)20-14(15,16)17;;/h2-5,10,13,18H,1,6-9H2;2*1H/t13-;;/m1../s1. The minimum Gasteiger partial charge on any atom is -0.406 e. The fourth-order valence-corrected chi connectivity index (χ4v) is 2.35. The lowest BCUT2D eigenvalue weighted by Gasteiger charge is -2.33. The molecule has 3 nitrogen and oxygen atoms in total. The quantitative estimate of drug-likeness (QED) is 0.832. The summed E-state index contributed by atoms with van der Waals surface area (Å²) in [6.07, 6.45) is -2.92. The van der Waals surface area contributed by atoms with Gasteiger partial charge in [0.1, 0.15) is 5.75 Å². The minimum atomic E-state index is -4.67. The molecule has 1 aromatic carbocycles. The summed E-state index contributed by atoms with van der Waals surface area (Å²) in [4.78, 5) is 2.18. The minimum absolute atomic E-state index is 0. The zero-order valence-electron chi connectivity index (χ0n) is 11.8. The van der Waals surface area contributed by atoms with Gasteiger partial charge in [0.05, 0.1) is 6.04 Å². The van der Waals surface area contributed by atoms with Crippen LogP contribution < -0.4 is 10.1 Å². The van der Waals surface area contributed by atoms with Crippen molar-refractivity contribution in [2.24, 2.45) is 0 Å². The van der Waals surface area contributed by atoms with E-state index in [2.05, 4.69) is 21.5 Å². The Hall–Kier alpha value is -0.950. The zero-order valence-corrected chi connectivity index (χ0v) is 13.4. The van der Waals surface area contributed by atoms with Gasteiger partial charge in [-0.3, -0.25) is 4.90 Å². The Bertz CT molecular complexity index is 466. The summed E-state index contributed by atoms with van der Waals surface area (Å²) in [7, 11) is 0. The van der Waals surface area contributed by atoms with Gasteiger partial charge in [0.2, 0.25) is 0 Å². The highest BCUT2D eigenvalue weighted by Crippen LogP contribution is 2.28. The SMILES string of the molecule is C=C[C@H](c1cccc(OC(F)(F)F)c1)N1CCNCC1.Cl.Cl. The maximum absolute atomic E-state index is 12.2. The number of nitrogens with one attached hydrogen (secondary N) is 1. The summed E-state index contributed by atoms with van der Waals surface area (Å²) < 4.78 is 40.7. The Morgan fingerprint density at radius 2 is 1.86 bits per heavy atom. The molecule has 1 N–H and O–H groups in total. The summed E-state index contributed by atoms with van der Waals surface area (Å²) >= 11 is 0. The van der Waals surface area contributed by atoms with Crippen molar-refractivity contribution in [1.29, 1.82) is 0 Å². The number of piperazine rings is 1. The second kappa shape index (κ2) is 9.25. The molecule has 1 fully saturated rings. The molecule has 2 rings (SSSR count). The highest BCUT2D eigenvalue weighted by atomic mass is 35.5. The van der Waals surface area contributed by atoms with Crippen molar-refractivity contribution in [3.8, 4) is 5.75 Å². The number of benzene rings is 1. The van der Waals surface area contributed by atoms with Gasteiger partial charge in [-0.1, -0.05) is 18.2 Å². The molecular weight excluding hydrogens is 340 g/mol. The largest absolute Gasteiger partial charge is 0.573 e. The van der Waals surface area contributed by atoms with Crippen LogP contribution in [0.5, 0.6) is 5.75 Å². The summed E-state index contributed by atoms with van der Waals surface area (Å²) in [5, 5.41) is 3.24. The second-order valence-corrected chi connectivity index (χ2v) is 4.59. The van der Waals surface area contributed by atoms with Crippen LogP contribution in [-0.2, 0) is 0 Å². The molecule has 1 aromatic rings. The zero-order chi connectivity index (χ0) is 14.6. The summed E-state index contributed by atoms with van der Waals surface area (Å²) in [5.41, 5.74) is 0.753. The van der Waals surface area contributed by atoms with Crippen LogP contribution in [0.1, 0.15) is 11.6 Å². The molecule has 1 saturated heterocycles. The highest BCUT2D eigenvalue weighted by Gasteiger charge is 2.31. The van der Waals surface area contributed by atoms with Gasteiger partial charge in [0.25, 0.3) is 0 Å². The van der Waals surface area contributed by atoms with E-state index in [9.17, 15) is 13.2 Å². The molecule has 1 aliphatic heterocycles. The lowest BCUT2D eigenvalue weighted by Crippen LogP contribution is -2.44. The van der Waals surface area contributed by atoms with Gasteiger partial charge in [-0.2, -0.15) is 0 Å². The maximum Gasteiger partial charge on any atom is 0.573 e. The predicted molar refractivity (Wildman–Crippen MR) is 85.0 cm³/mol. The Labute approximate surface area is 140 Å². The lowest BCUT2D eigenvalue weighted by atomic mass is 10.0. The number of alkyl halides is 3. The van der Waals surface area contributed by atoms with Crippen LogP contribution >= 0.6 is 24.8 Å². The Morgan fingerprint density at radius 3 is 2.41 bits per heavy atom. The molecule has 0 aliphatic carbocycles. The highest BCUT2D eigenvalue weighted by molar-refractivity contribution is 5.85. The first-order valence-electron chi connectivity index (χ1n) is 6.42. The van der Waals surface area contributed by atoms with E-state index in [0.717, 1.165) is 31.7 Å². The lowest BCUT2D eigenvalue weighted by molar-refractivity contribution is -0.274. The third-order valence-corrected chi connectivity index (χ3v) is 3.20. The number of hydrogen-bond donors (Lipinski definition) is 1. The molecule has 0 radical (unpaired) electrons. The molecule has 1 heterocycles. The smallest absolute Gasteiger partial charge is 0.406 e. The van der Waals surface area contributed by atoms with E-state index in [1.54, 1.807) is 18.2 Å². The van der Waals surface area contributed by atoms with Crippen LogP contribution in [0.3, 0.4) is 0 Å². The molecule has 126 valence electrons. The normalized spacial score (nSPS) is 16.9. The Balaban J connectivity index is 0.00000220. The van der Waals surface area contributed by atoms with E-state index in [1.807, 2.05) is 0 Å². The van der Waals surface area contributed by atoms with Crippen molar-refractivity contribution in [1.82, 2.24) is 10.2 Å². The third-order valence-electron chi connectivity index (χ3n) is 3.20. The van der Waals surface area contributed by atoms with Crippen molar-refractivity contribution in [3.05, 3.63) is 42.5 Å². The van der Waals surface area contributed by atoms with E-state index in [4.69, 9.17) is 0 Å². The van der Waals surface area contributed by atoms with Crippen LogP contribution in [-0.4, -0.2) is 37.4 Å². The van der Waals surface area contributed by atoms with E-state index < -0.39 is 6.36 Å². The molecule has 8 heteroatoms. The maximum atomic E-state index is 12.2. The Morgan fingerprint density at radius 1 is 1.23 bits per heavy atom. The average molecular weight is 359 g/mol. The number of ether oxygens (including phenoxy) is 1. The molecule has 0 bridgehead atoms. The molecule has 0 spiro atoms. The van der Waals surface area contributed by atoms with Crippen molar-refractivity contribution in [2.45, 2.75) is 12.4 Å². The molecule has 0 aromatic heterocycles. The van der Waals surface area contributed by atoms with Gasteiger partial charge < -0.3 is 10.1 Å². The number of nitrogens with zero attached hydrogens (tertiary/aromatic N) is 1. The second-order valence-electron chi connectivity index (χ2n) is 4.59. The first-order valence-corrected chi connectivity index (χ1v) is 6.42. The first kappa shape index (κ1) is 21.0. The molecule has 1 atom stereocenters. The molecule has 0 amide bonds. The number of halogens is 5. The van der Waals surface area contributed by atoms with Gasteiger partial charge >= 0.3 is 6.36 Å². The van der Waals surface area contributed by atoms with Gasteiger partial charge in [0, 0.05) is 26.2 Å². The van der Waals surface area contributed by atoms with E-state index in [-0.39, 0.29) is 36.6 Å². The Kier molecular flexibility index (Phi) is 8.85. The summed E-state index contributed by atoms with van der Waals surface area (Å²) in [6, 6.07) is 5.97. The van der Waals surface area contributed by atoms with Crippen molar-refractivity contribution in [3.63, 3.8) is 0 Å². The predicted octanol–water partition coefficient (Wildman–Crippen LogP) is 3.56. The van der Waals surface area contributed by atoms with E-state index in [1.165, 1.54) is 12.1 Å².